The first kappa shape index (κ1) is 11.5. The van der Waals surface area contributed by atoms with E-state index in [0.717, 1.165) is 25.3 Å². The molecule has 80 valence electrons. The van der Waals surface area contributed by atoms with Gasteiger partial charge in [-0.3, -0.25) is 4.68 Å². The number of ether oxygens (including phenoxy) is 1. The van der Waals surface area contributed by atoms with Gasteiger partial charge < -0.3 is 10.1 Å². The van der Waals surface area contributed by atoms with Gasteiger partial charge in [-0.1, -0.05) is 18.5 Å². The first-order valence-electron chi connectivity index (χ1n) is 4.69. The monoisotopic (exact) mass is 217 g/mol. The number of hydrogen-bond acceptors (Lipinski definition) is 3. The van der Waals surface area contributed by atoms with Gasteiger partial charge in [0.25, 0.3) is 0 Å². The Balaban J connectivity index is 2.62. The Kier molecular flexibility index (Phi) is 4.93. The highest BCUT2D eigenvalue weighted by atomic mass is 35.5. The maximum Gasteiger partial charge on any atom is 0.0831 e. The van der Waals surface area contributed by atoms with Gasteiger partial charge in [0.1, 0.15) is 0 Å². The van der Waals surface area contributed by atoms with Crippen molar-refractivity contribution in [2.45, 2.75) is 20.0 Å². The molecular formula is C9H16ClN3O. The largest absolute Gasteiger partial charge is 0.383 e. The molecule has 0 amide bonds. The number of nitrogens with zero attached hydrogens (tertiary/aromatic N) is 2. The summed E-state index contributed by atoms with van der Waals surface area (Å²) in [7, 11) is 1.68. The number of hydrogen-bond donors (Lipinski definition) is 1. The molecule has 0 saturated heterocycles. The number of halogens is 1. The summed E-state index contributed by atoms with van der Waals surface area (Å²) in [5, 5.41) is 8.10. The van der Waals surface area contributed by atoms with Gasteiger partial charge in [-0.25, -0.2) is 0 Å². The van der Waals surface area contributed by atoms with E-state index in [0.29, 0.717) is 11.6 Å². The lowest BCUT2D eigenvalue weighted by Gasteiger charge is -2.07. The van der Waals surface area contributed by atoms with Crippen LogP contribution in [0.2, 0.25) is 5.02 Å². The quantitative estimate of drug-likeness (QED) is 0.781. The van der Waals surface area contributed by atoms with Crippen LogP contribution in [-0.4, -0.2) is 30.0 Å². The molecule has 0 saturated carbocycles. The van der Waals surface area contributed by atoms with Crippen molar-refractivity contribution < 1.29 is 4.74 Å². The van der Waals surface area contributed by atoms with Crippen LogP contribution in [0.1, 0.15) is 12.6 Å². The molecule has 1 heterocycles. The van der Waals surface area contributed by atoms with Crippen LogP contribution in [0.25, 0.3) is 0 Å². The van der Waals surface area contributed by atoms with E-state index in [-0.39, 0.29) is 0 Å². The van der Waals surface area contributed by atoms with Gasteiger partial charge in [-0.15, -0.1) is 0 Å². The molecule has 0 spiro atoms. The zero-order valence-corrected chi connectivity index (χ0v) is 9.34. The Morgan fingerprint density at radius 2 is 2.43 bits per heavy atom. The molecule has 0 aliphatic heterocycles. The lowest BCUT2D eigenvalue weighted by molar-refractivity contribution is 0.182. The molecule has 0 fully saturated rings. The molecule has 1 rings (SSSR count). The summed E-state index contributed by atoms with van der Waals surface area (Å²) >= 11 is 6.00. The Hall–Kier alpha value is -0.580. The SMILES string of the molecule is CCNCc1c(Cl)cnn1CCOC. The van der Waals surface area contributed by atoms with Gasteiger partial charge >= 0.3 is 0 Å². The second-order valence-corrected chi connectivity index (χ2v) is 3.34. The zero-order valence-electron chi connectivity index (χ0n) is 8.59. The molecule has 0 atom stereocenters. The minimum Gasteiger partial charge on any atom is -0.383 e. The normalized spacial score (nSPS) is 10.8. The van der Waals surface area contributed by atoms with Crippen molar-refractivity contribution in [2.24, 2.45) is 0 Å². The van der Waals surface area contributed by atoms with E-state index in [1.165, 1.54) is 0 Å². The molecule has 0 aliphatic carbocycles. The van der Waals surface area contributed by atoms with Crippen molar-refractivity contribution in [3.8, 4) is 0 Å². The number of rotatable bonds is 6. The van der Waals surface area contributed by atoms with Gasteiger partial charge in [0, 0.05) is 13.7 Å². The second-order valence-electron chi connectivity index (χ2n) is 2.94. The van der Waals surface area contributed by atoms with Gasteiger partial charge in [-0.05, 0) is 6.54 Å². The Labute approximate surface area is 89.2 Å². The summed E-state index contributed by atoms with van der Waals surface area (Å²) < 4.78 is 6.86. The average molecular weight is 218 g/mol. The molecule has 0 aromatic carbocycles. The molecule has 14 heavy (non-hydrogen) atoms. The van der Waals surface area contributed by atoms with Crippen molar-refractivity contribution in [2.75, 3.05) is 20.3 Å². The topological polar surface area (TPSA) is 39.1 Å². The fourth-order valence-corrected chi connectivity index (χ4v) is 1.39. The molecule has 1 N–H and O–H groups in total. The smallest absolute Gasteiger partial charge is 0.0831 e. The predicted molar refractivity (Wildman–Crippen MR) is 56.5 cm³/mol. The van der Waals surface area contributed by atoms with Crippen LogP contribution in [0, 0.1) is 0 Å². The molecule has 0 radical (unpaired) electrons. The van der Waals surface area contributed by atoms with Crippen LogP contribution in [-0.2, 0) is 17.8 Å². The van der Waals surface area contributed by atoms with Crippen molar-refractivity contribution in [3.63, 3.8) is 0 Å². The van der Waals surface area contributed by atoms with E-state index in [1.54, 1.807) is 13.3 Å². The third kappa shape index (κ3) is 2.97. The lowest BCUT2D eigenvalue weighted by atomic mass is 10.4. The molecule has 0 aliphatic rings. The van der Waals surface area contributed by atoms with Gasteiger partial charge in [0.05, 0.1) is 30.1 Å². The fourth-order valence-electron chi connectivity index (χ4n) is 1.18. The second kappa shape index (κ2) is 6.01. The number of aromatic nitrogens is 2. The summed E-state index contributed by atoms with van der Waals surface area (Å²) in [6.45, 7) is 5.12. The molecule has 1 aromatic heterocycles. The molecule has 0 unspecified atom stereocenters. The first-order chi connectivity index (χ1) is 6.79. The van der Waals surface area contributed by atoms with Crippen LogP contribution in [0.5, 0.6) is 0 Å². The third-order valence-electron chi connectivity index (χ3n) is 1.95. The maximum atomic E-state index is 6.00. The highest BCUT2D eigenvalue weighted by Crippen LogP contribution is 2.14. The molecule has 4 nitrogen and oxygen atoms in total. The standard InChI is InChI=1S/C9H16ClN3O/c1-3-11-7-9-8(10)6-12-13(9)4-5-14-2/h6,11H,3-5,7H2,1-2H3. The van der Waals surface area contributed by atoms with Gasteiger partial charge in [0.15, 0.2) is 0 Å². The molecule has 1 aromatic rings. The zero-order chi connectivity index (χ0) is 10.4. The van der Waals surface area contributed by atoms with E-state index < -0.39 is 0 Å². The lowest BCUT2D eigenvalue weighted by Crippen LogP contribution is -2.17. The van der Waals surface area contributed by atoms with Crippen molar-refractivity contribution in [3.05, 3.63) is 16.9 Å². The molecule has 5 heteroatoms. The van der Waals surface area contributed by atoms with Gasteiger partial charge in [0.2, 0.25) is 0 Å². The van der Waals surface area contributed by atoms with Gasteiger partial charge in [-0.2, -0.15) is 5.10 Å². The Morgan fingerprint density at radius 3 is 3.07 bits per heavy atom. The minimum absolute atomic E-state index is 0.650. The summed E-state index contributed by atoms with van der Waals surface area (Å²) in [5.74, 6) is 0. The maximum absolute atomic E-state index is 6.00. The van der Waals surface area contributed by atoms with Crippen LogP contribution >= 0.6 is 11.6 Å². The third-order valence-corrected chi connectivity index (χ3v) is 2.26. The summed E-state index contributed by atoms with van der Waals surface area (Å²) in [6, 6.07) is 0. The van der Waals surface area contributed by atoms with Crippen LogP contribution in [0.4, 0.5) is 0 Å². The molecular weight excluding hydrogens is 202 g/mol. The predicted octanol–water partition coefficient (Wildman–Crippen LogP) is 1.29. The van der Waals surface area contributed by atoms with E-state index in [2.05, 4.69) is 17.3 Å². The first-order valence-corrected chi connectivity index (χ1v) is 5.07. The minimum atomic E-state index is 0.650. The number of methoxy groups -OCH3 is 1. The Bertz CT molecular complexity index is 275. The van der Waals surface area contributed by atoms with E-state index in [4.69, 9.17) is 16.3 Å². The average Bonchev–Trinajstić information content (AvgIpc) is 2.53. The van der Waals surface area contributed by atoms with Crippen molar-refractivity contribution >= 4 is 11.6 Å². The molecule has 0 bridgehead atoms. The fraction of sp³-hybridized carbons (Fsp3) is 0.667. The highest BCUT2D eigenvalue weighted by molar-refractivity contribution is 6.31. The van der Waals surface area contributed by atoms with E-state index in [9.17, 15) is 0 Å². The summed E-state index contributed by atoms with van der Waals surface area (Å²) in [4.78, 5) is 0. The van der Waals surface area contributed by atoms with E-state index in [1.807, 2.05) is 4.68 Å². The summed E-state index contributed by atoms with van der Waals surface area (Å²) in [5.41, 5.74) is 1.02. The van der Waals surface area contributed by atoms with Crippen LogP contribution in [0.3, 0.4) is 0 Å². The number of nitrogens with one attached hydrogen (secondary N) is 1. The summed E-state index contributed by atoms with van der Waals surface area (Å²) in [6.07, 6.45) is 1.67. The Morgan fingerprint density at radius 1 is 1.64 bits per heavy atom. The van der Waals surface area contributed by atoms with Crippen LogP contribution < -0.4 is 5.32 Å². The van der Waals surface area contributed by atoms with Crippen LogP contribution in [0.15, 0.2) is 6.20 Å². The van der Waals surface area contributed by atoms with Crippen molar-refractivity contribution in [1.82, 2.24) is 15.1 Å². The highest BCUT2D eigenvalue weighted by Gasteiger charge is 2.07. The van der Waals surface area contributed by atoms with E-state index >= 15 is 0 Å². The van der Waals surface area contributed by atoms with Crippen molar-refractivity contribution in [1.29, 1.82) is 0 Å².